The SMILES string of the molecule is CN(C)c1ccc(C(=O)N(C)C(C)(C)CO)cn1. The fourth-order valence-electron chi connectivity index (χ4n) is 1.35. The highest BCUT2D eigenvalue weighted by Crippen LogP contribution is 2.16. The van der Waals surface area contributed by atoms with Crippen LogP contribution in [0.1, 0.15) is 24.2 Å². The average Bonchev–Trinajstić information content (AvgIpc) is 2.37. The van der Waals surface area contributed by atoms with Gasteiger partial charge in [-0.1, -0.05) is 0 Å². The number of rotatable bonds is 4. The molecule has 0 atom stereocenters. The summed E-state index contributed by atoms with van der Waals surface area (Å²) < 4.78 is 0. The van der Waals surface area contributed by atoms with Crippen LogP contribution >= 0.6 is 0 Å². The number of aromatic nitrogens is 1. The lowest BCUT2D eigenvalue weighted by atomic mass is 10.0. The van der Waals surface area contributed by atoms with Crippen molar-refractivity contribution in [3.8, 4) is 0 Å². The molecule has 0 bridgehead atoms. The summed E-state index contributed by atoms with van der Waals surface area (Å²) in [6.07, 6.45) is 1.56. The molecule has 0 aliphatic heterocycles. The smallest absolute Gasteiger partial charge is 0.255 e. The van der Waals surface area contributed by atoms with Crippen LogP contribution in [-0.2, 0) is 0 Å². The van der Waals surface area contributed by atoms with Gasteiger partial charge in [-0.05, 0) is 26.0 Å². The van der Waals surface area contributed by atoms with E-state index in [1.54, 1.807) is 25.4 Å². The topological polar surface area (TPSA) is 56.7 Å². The number of likely N-dealkylation sites (N-methyl/N-ethyl adjacent to an activating group) is 1. The van der Waals surface area contributed by atoms with Crippen molar-refractivity contribution in [3.63, 3.8) is 0 Å². The summed E-state index contributed by atoms with van der Waals surface area (Å²) in [4.78, 5) is 19.8. The molecule has 1 aromatic rings. The summed E-state index contributed by atoms with van der Waals surface area (Å²) in [6.45, 7) is 3.54. The van der Waals surface area contributed by atoms with Crippen molar-refractivity contribution in [1.82, 2.24) is 9.88 Å². The van der Waals surface area contributed by atoms with Crippen molar-refractivity contribution < 1.29 is 9.90 Å². The molecule has 0 saturated carbocycles. The first-order chi connectivity index (χ1) is 8.29. The molecule has 1 rings (SSSR count). The molecule has 100 valence electrons. The van der Waals surface area contributed by atoms with E-state index in [9.17, 15) is 9.90 Å². The van der Waals surface area contributed by atoms with Gasteiger partial charge in [-0.2, -0.15) is 0 Å². The number of nitrogens with zero attached hydrogens (tertiary/aromatic N) is 3. The molecule has 0 unspecified atom stereocenters. The molecule has 1 amide bonds. The Morgan fingerprint density at radius 1 is 1.33 bits per heavy atom. The lowest BCUT2D eigenvalue weighted by molar-refractivity contribution is 0.0473. The van der Waals surface area contributed by atoms with Crippen molar-refractivity contribution in [1.29, 1.82) is 0 Å². The van der Waals surface area contributed by atoms with Gasteiger partial charge >= 0.3 is 0 Å². The predicted molar refractivity (Wildman–Crippen MR) is 71.8 cm³/mol. The fraction of sp³-hybridized carbons (Fsp3) is 0.538. The van der Waals surface area contributed by atoms with Crippen LogP contribution in [0.2, 0.25) is 0 Å². The number of hydrogen-bond acceptors (Lipinski definition) is 4. The first kappa shape index (κ1) is 14.4. The Morgan fingerprint density at radius 3 is 2.33 bits per heavy atom. The minimum absolute atomic E-state index is 0.0849. The van der Waals surface area contributed by atoms with Crippen LogP contribution in [-0.4, -0.2) is 54.2 Å². The Morgan fingerprint density at radius 2 is 1.94 bits per heavy atom. The van der Waals surface area contributed by atoms with Crippen molar-refractivity contribution in [2.24, 2.45) is 0 Å². The number of carbonyl (C=O) groups excluding carboxylic acids is 1. The minimum atomic E-state index is -0.586. The van der Waals surface area contributed by atoms with Gasteiger partial charge in [0.15, 0.2) is 0 Å². The first-order valence-electron chi connectivity index (χ1n) is 5.82. The highest BCUT2D eigenvalue weighted by atomic mass is 16.3. The first-order valence-corrected chi connectivity index (χ1v) is 5.82. The van der Waals surface area contributed by atoms with E-state index < -0.39 is 5.54 Å². The zero-order valence-electron chi connectivity index (χ0n) is 11.6. The second-order valence-electron chi connectivity index (χ2n) is 5.13. The Hall–Kier alpha value is -1.62. The summed E-state index contributed by atoms with van der Waals surface area (Å²) >= 11 is 0. The monoisotopic (exact) mass is 251 g/mol. The molecule has 5 heteroatoms. The molecular formula is C13H21N3O2. The van der Waals surface area contributed by atoms with Crippen molar-refractivity contribution >= 4 is 11.7 Å². The maximum atomic E-state index is 12.2. The summed E-state index contributed by atoms with van der Waals surface area (Å²) in [7, 11) is 5.47. The van der Waals surface area contributed by atoms with Crippen molar-refractivity contribution in [3.05, 3.63) is 23.9 Å². The van der Waals surface area contributed by atoms with E-state index in [4.69, 9.17) is 0 Å². The molecule has 18 heavy (non-hydrogen) atoms. The Kier molecular flexibility index (Phi) is 4.29. The molecule has 0 aromatic carbocycles. The zero-order chi connectivity index (χ0) is 13.9. The predicted octanol–water partition coefficient (Wildman–Crippen LogP) is 0.990. The Bertz CT molecular complexity index is 413. The van der Waals surface area contributed by atoms with Gasteiger partial charge in [-0.25, -0.2) is 4.98 Å². The minimum Gasteiger partial charge on any atom is -0.394 e. The second-order valence-corrected chi connectivity index (χ2v) is 5.13. The summed E-state index contributed by atoms with van der Waals surface area (Å²) in [5.41, 5.74) is -0.0678. The number of aliphatic hydroxyl groups is 1. The normalized spacial score (nSPS) is 11.2. The molecule has 0 aliphatic rings. The van der Waals surface area contributed by atoms with E-state index in [1.807, 2.05) is 32.8 Å². The number of amides is 1. The van der Waals surface area contributed by atoms with Crippen LogP contribution in [0.15, 0.2) is 18.3 Å². The van der Waals surface area contributed by atoms with Gasteiger partial charge in [0.2, 0.25) is 0 Å². The van der Waals surface area contributed by atoms with E-state index in [-0.39, 0.29) is 12.5 Å². The quantitative estimate of drug-likeness (QED) is 0.867. The van der Waals surface area contributed by atoms with Gasteiger partial charge < -0.3 is 14.9 Å². The van der Waals surface area contributed by atoms with Crippen molar-refractivity contribution in [2.75, 3.05) is 32.6 Å². The largest absolute Gasteiger partial charge is 0.394 e. The highest BCUT2D eigenvalue weighted by Gasteiger charge is 2.27. The molecule has 0 saturated heterocycles. The van der Waals surface area contributed by atoms with Gasteiger partial charge in [0, 0.05) is 27.3 Å². The van der Waals surface area contributed by atoms with Gasteiger partial charge in [0.25, 0.3) is 5.91 Å². The zero-order valence-corrected chi connectivity index (χ0v) is 11.6. The van der Waals surface area contributed by atoms with E-state index >= 15 is 0 Å². The fourth-order valence-corrected chi connectivity index (χ4v) is 1.35. The van der Waals surface area contributed by atoms with Crippen LogP contribution in [0.4, 0.5) is 5.82 Å². The van der Waals surface area contributed by atoms with Gasteiger partial charge in [-0.3, -0.25) is 4.79 Å². The Labute approximate surface area is 108 Å². The van der Waals surface area contributed by atoms with E-state index in [0.29, 0.717) is 5.56 Å². The van der Waals surface area contributed by atoms with Crippen LogP contribution in [0.3, 0.4) is 0 Å². The average molecular weight is 251 g/mol. The number of aliphatic hydroxyl groups excluding tert-OH is 1. The molecule has 1 N–H and O–H groups in total. The number of pyridine rings is 1. The molecular weight excluding hydrogens is 230 g/mol. The van der Waals surface area contributed by atoms with Gasteiger partial charge in [-0.15, -0.1) is 0 Å². The molecule has 0 radical (unpaired) electrons. The van der Waals surface area contributed by atoms with Crippen LogP contribution in [0.25, 0.3) is 0 Å². The van der Waals surface area contributed by atoms with E-state index in [2.05, 4.69) is 4.98 Å². The van der Waals surface area contributed by atoms with Crippen molar-refractivity contribution in [2.45, 2.75) is 19.4 Å². The number of carbonyl (C=O) groups is 1. The standard InChI is InChI=1S/C13H21N3O2/c1-13(2,9-17)16(5)12(18)10-6-7-11(14-8-10)15(3)4/h6-8,17H,9H2,1-5H3. The second kappa shape index (κ2) is 5.35. The number of hydrogen-bond donors (Lipinski definition) is 1. The number of anilines is 1. The molecule has 0 aliphatic carbocycles. The maximum absolute atomic E-state index is 12.2. The van der Waals surface area contributed by atoms with Crippen LogP contribution in [0, 0.1) is 0 Å². The third-order valence-electron chi connectivity index (χ3n) is 3.05. The summed E-state index contributed by atoms with van der Waals surface area (Å²) in [6, 6.07) is 3.54. The van der Waals surface area contributed by atoms with Gasteiger partial charge in [0.05, 0.1) is 17.7 Å². The van der Waals surface area contributed by atoms with E-state index in [1.165, 1.54) is 4.90 Å². The van der Waals surface area contributed by atoms with Crippen LogP contribution in [0.5, 0.6) is 0 Å². The molecule has 1 aromatic heterocycles. The molecule has 0 spiro atoms. The molecule has 1 heterocycles. The lowest BCUT2D eigenvalue weighted by Crippen LogP contribution is -2.47. The Balaban J connectivity index is 2.91. The van der Waals surface area contributed by atoms with Crippen LogP contribution < -0.4 is 4.90 Å². The third kappa shape index (κ3) is 2.98. The summed E-state index contributed by atoms with van der Waals surface area (Å²) in [5, 5.41) is 9.26. The third-order valence-corrected chi connectivity index (χ3v) is 3.05. The summed E-state index contributed by atoms with van der Waals surface area (Å²) in [5.74, 6) is 0.655. The molecule has 5 nitrogen and oxygen atoms in total. The molecule has 0 fully saturated rings. The maximum Gasteiger partial charge on any atom is 0.255 e. The van der Waals surface area contributed by atoms with Gasteiger partial charge in [0.1, 0.15) is 5.82 Å². The lowest BCUT2D eigenvalue weighted by Gasteiger charge is -2.33. The van der Waals surface area contributed by atoms with E-state index in [0.717, 1.165) is 5.82 Å². The highest BCUT2D eigenvalue weighted by molar-refractivity contribution is 5.94.